The topological polar surface area (TPSA) is 75.3 Å². The Hall–Kier alpha value is -0.260. The number of amides is 1. The second kappa shape index (κ2) is 5.72. The van der Waals surface area contributed by atoms with Gasteiger partial charge >= 0.3 is 0 Å². The molecule has 2 atom stereocenters. The summed E-state index contributed by atoms with van der Waals surface area (Å²) in [5.41, 5.74) is 4.95. The lowest BCUT2D eigenvalue weighted by Crippen LogP contribution is -2.53. The fourth-order valence-electron chi connectivity index (χ4n) is 2.17. The molecule has 0 saturated heterocycles. The van der Waals surface area contributed by atoms with Gasteiger partial charge < -0.3 is 16.2 Å². The molecule has 0 aromatic heterocycles. The van der Waals surface area contributed by atoms with Crippen molar-refractivity contribution in [3.05, 3.63) is 0 Å². The first kappa shape index (κ1) is 12.8. The molecule has 2 unspecified atom stereocenters. The Balaban J connectivity index is 2.52. The minimum atomic E-state index is -0.498. The molecule has 1 aliphatic carbocycles. The van der Waals surface area contributed by atoms with Crippen LogP contribution >= 0.6 is 11.8 Å². The fourth-order valence-corrected chi connectivity index (χ4v) is 3.30. The molecule has 0 radical (unpaired) electrons. The number of rotatable bonds is 6. The Morgan fingerprint density at radius 1 is 1.73 bits per heavy atom. The van der Waals surface area contributed by atoms with E-state index in [9.17, 15) is 4.79 Å². The molecule has 0 aromatic rings. The summed E-state index contributed by atoms with van der Waals surface area (Å²) in [6.45, 7) is 2.95. The number of thioether (sulfide) groups is 1. The Kier molecular flexibility index (Phi) is 4.89. The number of nitrogens with one attached hydrogen (secondary N) is 1. The second-order valence-electron chi connectivity index (χ2n) is 3.94. The molecule has 5 heteroatoms. The Morgan fingerprint density at radius 3 is 3.00 bits per heavy atom. The first-order valence-corrected chi connectivity index (χ1v) is 6.47. The Morgan fingerprint density at radius 2 is 2.47 bits per heavy atom. The van der Waals surface area contributed by atoms with Crippen molar-refractivity contribution in [3.8, 4) is 0 Å². The van der Waals surface area contributed by atoms with Gasteiger partial charge in [-0.3, -0.25) is 4.79 Å². The maximum Gasteiger partial charge on any atom is 0.237 e. The van der Waals surface area contributed by atoms with Crippen LogP contribution in [-0.4, -0.2) is 40.7 Å². The van der Waals surface area contributed by atoms with Crippen LogP contribution in [0.1, 0.15) is 26.2 Å². The number of primary amides is 1. The normalized spacial score (nSPS) is 30.7. The van der Waals surface area contributed by atoms with Crippen LogP contribution in [0.5, 0.6) is 0 Å². The van der Waals surface area contributed by atoms with Crippen molar-refractivity contribution in [2.45, 2.75) is 37.0 Å². The molecule has 1 saturated carbocycles. The first-order valence-electron chi connectivity index (χ1n) is 5.42. The van der Waals surface area contributed by atoms with Gasteiger partial charge in [-0.2, -0.15) is 11.8 Å². The SMILES string of the molecule is CCNC1(C(N)=O)CCC(SCCO)C1. The van der Waals surface area contributed by atoms with E-state index in [-0.39, 0.29) is 12.5 Å². The van der Waals surface area contributed by atoms with Crippen molar-refractivity contribution in [2.75, 3.05) is 18.9 Å². The number of aliphatic hydroxyl groups excluding tert-OH is 1. The molecule has 1 rings (SSSR count). The van der Waals surface area contributed by atoms with Crippen molar-refractivity contribution >= 4 is 17.7 Å². The summed E-state index contributed by atoms with van der Waals surface area (Å²) < 4.78 is 0. The van der Waals surface area contributed by atoms with Crippen LogP contribution in [0.2, 0.25) is 0 Å². The van der Waals surface area contributed by atoms with E-state index >= 15 is 0 Å². The predicted octanol–water partition coefficient (Wildman–Crippen LogP) is 0.0980. The van der Waals surface area contributed by atoms with Gasteiger partial charge in [0.2, 0.25) is 5.91 Å². The minimum Gasteiger partial charge on any atom is -0.396 e. The molecule has 0 aliphatic heterocycles. The number of carbonyl (C=O) groups is 1. The molecular weight excluding hydrogens is 212 g/mol. The molecular formula is C10H20N2O2S. The van der Waals surface area contributed by atoms with Crippen LogP contribution in [0.25, 0.3) is 0 Å². The third kappa shape index (κ3) is 3.09. The highest BCUT2D eigenvalue weighted by Crippen LogP contribution is 2.36. The number of likely N-dealkylation sites (N-methyl/N-ethyl adjacent to an activating group) is 1. The molecule has 0 bridgehead atoms. The zero-order valence-electron chi connectivity index (χ0n) is 9.16. The summed E-state index contributed by atoms with van der Waals surface area (Å²) in [7, 11) is 0. The molecule has 4 N–H and O–H groups in total. The maximum atomic E-state index is 11.4. The van der Waals surface area contributed by atoms with E-state index in [1.165, 1.54) is 0 Å². The quantitative estimate of drug-likeness (QED) is 0.607. The summed E-state index contributed by atoms with van der Waals surface area (Å²) >= 11 is 1.73. The minimum absolute atomic E-state index is 0.200. The monoisotopic (exact) mass is 232 g/mol. The lowest BCUT2D eigenvalue weighted by atomic mass is 9.97. The molecule has 1 fully saturated rings. The van der Waals surface area contributed by atoms with Gasteiger partial charge in [-0.05, 0) is 25.8 Å². The van der Waals surface area contributed by atoms with E-state index in [4.69, 9.17) is 10.8 Å². The summed E-state index contributed by atoms with van der Waals surface area (Å²) in [5, 5.41) is 12.4. The zero-order valence-corrected chi connectivity index (χ0v) is 9.98. The highest BCUT2D eigenvalue weighted by Gasteiger charge is 2.43. The molecule has 4 nitrogen and oxygen atoms in total. The average Bonchev–Trinajstić information content (AvgIpc) is 2.60. The Bertz CT molecular complexity index is 225. The van der Waals surface area contributed by atoms with Crippen molar-refractivity contribution in [1.82, 2.24) is 5.32 Å². The average molecular weight is 232 g/mol. The molecule has 0 spiro atoms. The lowest BCUT2D eigenvalue weighted by molar-refractivity contribution is -0.124. The zero-order chi connectivity index (χ0) is 11.3. The van der Waals surface area contributed by atoms with Crippen molar-refractivity contribution in [3.63, 3.8) is 0 Å². The van der Waals surface area contributed by atoms with Gasteiger partial charge in [-0.15, -0.1) is 0 Å². The summed E-state index contributed by atoms with van der Waals surface area (Å²) in [5.74, 6) is 0.502. The van der Waals surface area contributed by atoms with Gasteiger partial charge in [-0.1, -0.05) is 6.92 Å². The molecule has 0 aromatic carbocycles. The second-order valence-corrected chi connectivity index (χ2v) is 5.34. The van der Waals surface area contributed by atoms with E-state index in [1.807, 2.05) is 6.92 Å². The van der Waals surface area contributed by atoms with Crippen molar-refractivity contribution in [2.24, 2.45) is 5.73 Å². The highest BCUT2D eigenvalue weighted by molar-refractivity contribution is 7.99. The van der Waals surface area contributed by atoms with E-state index in [1.54, 1.807) is 11.8 Å². The van der Waals surface area contributed by atoms with Crippen LogP contribution in [0.15, 0.2) is 0 Å². The molecule has 0 heterocycles. The van der Waals surface area contributed by atoms with Crippen molar-refractivity contribution < 1.29 is 9.90 Å². The van der Waals surface area contributed by atoms with Crippen LogP contribution < -0.4 is 11.1 Å². The number of hydrogen-bond donors (Lipinski definition) is 3. The van der Waals surface area contributed by atoms with E-state index in [0.29, 0.717) is 5.25 Å². The molecule has 1 amide bonds. The summed E-state index contributed by atoms with van der Waals surface area (Å²) in [6, 6.07) is 0. The maximum absolute atomic E-state index is 11.4. The lowest BCUT2D eigenvalue weighted by Gasteiger charge is -2.26. The summed E-state index contributed by atoms with van der Waals surface area (Å²) in [4.78, 5) is 11.4. The molecule has 88 valence electrons. The van der Waals surface area contributed by atoms with Gasteiger partial charge in [0, 0.05) is 11.0 Å². The molecule has 1 aliphatic rings. The van der Waals surface area contributed by atoms with Gasteiger partial charge in [-0.25, -0.2) is 0 Å². The summed E-state index contributed by atoms with van der Waals surface area (Å²) in [6.07, 6.45) is 2.61. The Labute approximate surface area is 95.0 Å². The van der Waals surface area contributed by atoms with E-state index in [2.05, 4.69) is 5.32 Å². The van der Waals surface area contributed by atoms with Gasteiger partial charge in [0.1, 0.15) is 0 Å². The smallest absolute Gasteiger partial charge is 0.237 e. The number of carbonyl (C=O) groups excluding carboxylic acids is 1. The van der Waals surface area contributed by atoms with Gasteiger partial charge in [0.05, 0.1) is 12.1 Å². The van der Waals surface area contributed by atoms with Crippen LogP contribution in [0.4, 0.5) is 0 Å². The van der Waals surface area contributed by atoms with Gasteiger partial charge in [0.15, 0.2) is 0 Å². The molecule has 15 heavy (non-hydrogen) atoms. The van der Waals surface area contributed by atoms with Crippen LogP contribution in [0, 0.1) is 0 Å². The first-order chi connectivity index (χ1) is 7.14. The standard InChI is InChI=1S/C10H20N2O2S/c1-2-12-10(9(11)14)4-3-8(7-10)15-6-5-13/h8,12-13H,2-7H2,1H3,(H2,11,14). The van der Waals surface area contributed by atoms with Crippen LogP contribution in [0.3, 0.4) is 0 Å². The third-order valence-corrected chi connectivity index (χ3v) is 4.19. The van der Waals surface area contributed by atoms with E-state index < -0.39 is 5.54 Å². The largest absolute Gasteiger partial charge is 0.396 e. The third-order valence-electron chi connectivity index (χ3n) is 2.90. The fraction of sp³-hybridized carbons (Fsp3) is 0.900. The number of hydrogen-bond acceptors (Lipinski definition) is 4. The van der Waals surface area contributed by atoms with Crippen molar-refractivity contribution in [1.29, 1.82) is 0 Å². The van der Waals surface area contributed by atoms with Gasteiger partial charge in [0.25, 0.3) is 0 Å². The number of aliphatic hydroxyl groups is 1. The number of nitrogens with two attached hydrogens (primary N) is 1. The predicted molar refractivity (Wildman–Crippen MR) is 62.8 cm³/mol. The highest BCUT2D eigenvalue weighted by atomic mass is 32.2. The van der Waals surface area contributed by atoms with E-state index in [0.717, 1.165) is 31.6 Å². The van der Waals surface area contributed by atoms with Crippen LogP contribution in [-0.2, 0) is 4.79 Å².